The van der Waals surface area contributed by atoms with Crippen LogP contribution in [-0.4, -0.2) is 60.4 Å². The number of nitrogens with one attached hydrogen (secondary N) is 1. The van der Waals surface area contributed by atoms with Gasteiger partial charge in [0.1, 0.15) is 5.78 Å². The average Bonchev–Trinajstić information content (AvgIpc) is 3.46. The molecule has 2 aliphatic heterocycles. The Balaban J connectivity index is 1.04. The van der Waals surface area contributed by atoms with Crippen molar-refractivity contribution in [3.8, 4) is 0 Å². The van der Waals surface area contributed by atoms with E-state index in [1.165, 1.54) is 32.1 Å². The monoisotopic (exact) mass is 586 g/mol. The van der Waals surface area contributed by atoms with E-state index >= 15 is 0 Å². The van der Waals surface area contributed by atoms with Crippen LogP contribution in [0.3, 0.4) is 0 Å². The Morgan fingerprint density at radius 2 is 1.91 bits per heavy atom. The van der Waals surface area contributed by atoms with Crippen molar-refractivity contribution in [3.63, 3.8) is 0 Å². The van der Waals surface area contributed by atoms with Gasteiger partial charge in [0, 0.05) is 50.0 Å². The summed E-state index contributed by atoms with van der Waals surface area (Å²) in [7, 11) is 0. The predicted molar refractivity (Wildman–Crippen MR) is 171 cm³/mol. The van der Waals surface area contributed by atoms with Gasteiger partial charge in [0.25, 0.3) is 0 Å². The first-order valence-corrected chi connectivity index (χ1v) is 17.6. The number of Topliss-reactive ketones (excluding diaryl/α,β-unsaturated/α-hetero) is 2. The van der Waals surface area contributed by atoms with Crippen LogP contribution in [0.1, 0.15) is 102 Å². The third kappa shape index (κ3) is 5.20. The summed E-state index contributed by atoms with van der Waals surface area (Å²) < 4.78 is 7.29. The maximum atomic E-state index is 12.6. The molecule has 10 atom stereocenters. The molecule has 0 radical (unpaired) electrons. The molecule has 6 aliphatic rings. The van der Waals surface area contributed by atoms with Gasteiger partial charge in [-0.3, -0.25) is 14.5 Å². The highest BCUT2D eigenvalue weighted by molar-refractivity contribution is 5.97. The first-order chi connectivity index (χ1) is 20.7. The fourth-order valence-corrected chi connectivity index (χ4v) is 11.4. The van der Waals surface area contributed by atoms with E-state index in [1.807, 2.05) is 30.3 Å². The number of fused-ring (bicyclic) bond motifs is 6. The highest BCUT2D eigenvalue weighted by Crippen LogP contribution is 2.65. The summed E-state index contributed by atoms with van der Waals surface area (Å²) in [6.45, 7) is 13.2. The molecule has 3 saturated carbocycles. The van der Waals surface area contributed by atoms with Gasteiger partial charge in [0.2, 0.25) is 0 Å². The zero-order valence-electron chi connectivity index (χ0n) is 27.1. The average molecular weight is 587 g/mol. The van der Waals surface area contributed by atoms with Gasteiger partial charge in [-0.05, 0) is 93.3 Å². The molecule has 0 aromatic heterocycles. The summed E-state index contributed by atoms with van der Waals surface area (Å²) >= 11 is 0. The Morgan fingerprint density at radius 3 is 2.72 bits per heavy atom. The number of ether oxygens (including phenoxy) is 1. The molecule has 4 aliphatic carbocycles. The van der Waals surface area contributed by atoms with E-state index in [-0.39, 0.29) is 11.4 Å². The van der Waals surface area contributed by atoms with Crippen LogP contribution in [0.15, 0.2) is 41.5 Å². The standard InChI is InChI=1S/C38H54N2O3/c1-24-18-35-36(40(23-24)17-16-39-22-34(42)27-8-6-5-7-9-27)26(3)38(43-35)15-13-30-31-11-10-28-19-29(41)12-14-37(28,4)33(31)20-32(30)25(2)21-38/h5-9,24,26,28,30-31,33,35-36,39H,10-23H2,1-4H3/t24-,26+,28+,30-,31-,33-,35+,36-,37-,38-/m0/s1. The molecule has 1 spiro atoms. The van der Waals surface area contributed by atoms with Gasteiger partial charge in [-0.2, -0.15) is 0 Å². The number of carbonyl (C=O) groups is 2. The fourth-order valence-electron chi connectivity index (χ4n) is 11.4. The maximum Gasteiger partial charge on any atom is 0.176 e. The number of hydrogen-bond acceptors (Lipinski definition) is 5. The number of ketones is 2. The zero-order chi connectivity index (χ0) is 29.9. The van der Waals surface area contributed by atoms with Gasteiger partial charge < -0.3 is 10.1 Å². The number of hydrogen-bond donors (Lipinski definition) is 1. The molecule has 0 amide bonds. The van der Waals surface area contributed by atoms with Crippen LogP contribution >= 0.6 is 0 Å². The smallest absolute Gasteiger partial charge is 0.176 e. The summed E-state index contributed by atoms with van der Waals surface area (Å²) in [5.74, 6) is 4.71. The zero-order valence-corrected chi connectivity index (χ0v) is 27.1. The van der Waals surface area contributed by atoms with Crippen molar-refractivity contribution in [2.24, 2.45) is 40.9 Å². The second-order valence-corrected chi connectivity index (χ2v) is 15.9. The largest absolute Gasteiger partial charge is 0.369 e. The van der Waals surface area contributed by atoms with Crippen molar-refractivity contribution >= 4 is 11.6 Å². The quantitative estimate of drug-likeness (QED) is 0.224. The minimum absolute atomic E-state index is 0.0520. The second kappa shape index (κ2) is 11.5. The number of likely N-dealkylation sites (tertiary alicyclic amines) is 1. The Bertz CT molecular complexity index is 1260. The van der Waals surface area contributed by atoms with Gasteiger partial charge in [-0.25, -0.2) is 0 Å². The lowest BCUT2D eigenvalue weighted by Crippen LogP contribution is -2.53. The van der Waals surface area contributed by atoms with Crippen molar-refractivity contribution in [1.29, 1.82) is 0 Å². The lowest BCUT2D eigenvalue weighted by atomic mass is 9.52. The number of nitrogens with zero attached hydrogens (tertiary/aromatic N) is 1. The molecule has 1 N–H and O–H groups in total. The number of allylic oxidation sites excluding steroid dienone is 1. The second-order valence-electron chi connectivity index (χ2n) is 15.9. The SMILES string of the molecule is CC1=C2C[C@H]3[C@@H](CC[C@@H]4CC(=O)CC[C@@]43C)[C@@H]2CC[C@@]2(C1)O[C@@H]1C[C@H](C)CN(CCNCC(=O)c3ccccc3)[C@H]1[C@H]2C. The molecule has 2 heterocycles. The molecule has 2 saturated heterocycles. The van der Waals surface area contributed by atoms with Crippen LogP contribution in [0.4, 0.5) is 0 Å². The number of benzene rings is 1. The molecule has 0 unspecified atom stereocenters. The minimum atomic E-state index is -0.0520. The molecule has 1 aromatic rings. The maximum absolute atomic E-state index is 12.6. The number of piperidine rings is 1. The van der Waals surface area contributed by atoms with Gasteiger partial charge in [-0.15, -0.1) is 0 Å². The van der Waals surface area contributed by atoms with E-state index in [0.29, 0.717) is 47.6 Å². The van der Waals surface area contributed by atoms with Crippen LogP contribution in [-0.2, 0) is 9.53 Å². The summed E-state index contributed by atoms with van der Waals surface area (Å²) in [6.07, 6.45) is 11.6. The van der Waals surface area contributed by atoms with Gasteiger partial charge >= 0.3 is 0 Å². The van der Waals surface area contributed by atoms with Gasteiger partial charge in [0.05, 0.1) is 18.2 Å². The van der Waals surface area contributed by atoms with Crippen LogP contribution in [0.25, 0.3) is 0 Å². The molecule has 5 heteroatoms. The first-order valence-electron chi connectivity index (χ1n) is 17.6. The predicted octanol–water partition coefficient (Wildman–Crippen LogP) is 6.87. The molecule has 0 bridgehead atoms. The molecule has 5 fully saturated rings. The van der Waals surface area contributed by atoms with Crippen LogP contribution in [0.5, 0.6) is 0 Å². The van der Waals surface area contributed by atoms with E-state index in [0.717, 1.165) is 75.1 Å². The fraction of sp³-hybridized carbons (Fsp3) is 0.737. The molecule has 43 heavy (non-hydrogen) atoms. The van der Waals surface area contributed by atoms with Crippen molar-refractivity contribution in [2.45, 2.75) is 110 Å². The lowest BCUT2D eigenvalue weighted by molar-refractivity contribution is -0.129. The Morgan fingerprint density at radius 1 is 1.09 bits per heavy atom. The number of carbonyl (C=O) groups excluding carboxylic acids is 2. The Kier molecular flexibility index (Phi) is 8.00. The summed E-state index contributed by atoms with van der Waals surface area (Å²) in [5.41, 5.74) is 4.51. The molecule has 1 aromatic carbocycles. The molecular weight excluding hydrogens is 532 g/mol. The molecule has 5 nitrogen and oxygen atoms in total. The Labute approximate surface area is 259 Å². The van der Waals surface area contributed by atoms with Crippen LogP contribution in [0.2, 0.25) is 0 Å². The molecule has 234 valence electrons. The van der Waals surface area contributed by atoms with E-state index in [2.05, 4.69) is 37.9 Å². The molecule has 7 rings (SSSR count). The van der Waals surface area contributed by atoms with E-state index in [9.17, 15) is 9.59 Å². The highest BCUT2D eigenvalue weighted by Gasteiger charge is 2.60. The van der Waals surface area contributed by atoms with Crippen LogP contribution < -0.4 is 5.32 Å². The van der Waals surface area contributed by atoms with Gasteiger partial charge in [0.15, 0.2) is 5.78 Å². The number of rotatable bonds is 6. The summed E-state index contributed by atoms with van der Waals surface area (Å²) in [5, 5.41) is 3.45. The topological polar surface area (TPSA) is 58.6 Å². The minimum Gasteiger partial charge on any atom is -0.369 e. The van der Waals surface area contributed by atoms with Crippen LogP contribution in [0, 0.1) is 40.9 Å². The van der Waals surface area contributed by atoms with Crippen molar-refractivity contribution < 1.29 is 14.3 Å². The summed E-state index contributed by atoms with van der Waals surface area (Å²) in [6, 6.07) is 10.1. The third-order valence-electron chi connectivity index (χ3n) is 13.6. The first kappa shape index (κ1) is 29.9. The van der Waals surface area contributed by atoms with Gasteiger partial charge in [-0.1, -0.05) is 62.2 Å². The van der Waals surface area contributed by atoms with Crippen molar-refractivity contribution in [3.05, 3.63) is 47.0 Å². The highest BCUT2D eigenvalue weighted by atomic mass is 16.5. The normalized spacial score (nSPS) is 42.7. The third-order valence-corrected chi connectivity index (χ3v) is 13.6. The Hall–Kier alpha value is -1.82. The van der Waals surface area contributed by atoms with E-state index in [1.54, 1.807) is 11.1 Å². The lowest BCUT2D eigenvalue weighted by Gasteiger charge is -2.52. The summed E-state index contributed by atoms with van der Waals surface area (Å²) in [4.78, 5) is 27.6. The van der Waals surface area contributed by atoms with Crippen molar-refractivity contribution in [2.75, 3.05) is 26.2 Å². The van der Waals surface area contributed by atoms with E-state index < -0.39 is 0 Å². The van der Waals surface area contributed by atoms with Crippen molar-refractivity contribution in [1.82, 2.24) is 10.2 Å². The van der Waals surface area contributed by atoms with E-state index in [4.69, 9.17) is 4.74 Å². The molecular formula is C38H54N2O3.